The van der Waals surface area contributed by atoms with Crippen molar-refractivity contribution < 1.29 is 23.1 Å². The average molecular weight is 640 g/mol. The lowest BCUT2D eigenvalue weighted by Gasteiger charge is -2.25. The standard InChI is InChI=1S/C30H41Cl2N4O5P/c1-6-36(17-7-8-22(4)34-28-15-16-33-29-20-25(32)11-14-27(28)29)18-19-39-42(38,35-23(5)30(37)40-21(2)3)41-26-12-9-24(31)10-13-26/h9-16,20-23H,6-8,17-19H2,1-5H3,(H,33,34)(H,35,38)/t22-,23-,42-/m0/s1. The summed E-state index contributed by atoms with van der Waals surface area (Å²) in [7, 11) is -3.92. The molecule has 0 fully saturated rings. The third-order valence-electron chi connectivity index (χ3n) is 6.43. The Balaban J connectivity index is 1.52. The Morgan fingerprint density at radius 2 is 1.74 bits per heavy atom. The van der Waals surface area contributed by atoms with E-state index in [0.29, 0.717) is 22.3 Å². The molecule has 0 aliphatic heterocycles. The van der Waals surface area contributed by atoms with E-state index < -0.39 is 19.8 Å². The van der Waals surface area contributed by atoms with Crippen molar-refractivity contribution in [3.63, 3.8) is 0 Å². The smallest absolute Gasteiger partial charge is 0.459 e. The molecule has 0 bridgehead atoms. The molecule has 9 nitrogen and oxygen atoms in total. The Kier molecular flexibility index (Phi) is 13.4. The third-order valence-corrected chi connectivity index (χ3v) is 8.59. The monoisotopic (exact) mass is 638 g/mol. The zero-order valence-electron chi connectivity index (χ0n) is 24.8. The molecule has 0 aliphatic carbocycles. The van der Waals surface area contributed by atoms with Crippen molar-refractivity contribution in [3.05, 3.63) is 64.8 Å². The number of nitrogens with zero attached hydrogens (tertiary/aromatic N) is 2. The third kappa shape index (κ3) is 11.0. The van der Waals surface area contributed by atoms with Gasteiger partial charge in [-0.2, -0.15) is 5.09 Å². The van der Waals surface area contributed by atoms with E-state index in [1.165, 1.54) is 0 Å². The molecule has 3 atom stereocenters. The van der Waals surface area contributed by atoms with Crippen LogP contribution in [0.15, 0.2) is 54.7 Å². The summed E-state index contributed by atoms with van der Waals surface area (Å²) in [5.41, 5.74) is 1.88. The second-order valence-corrected chi connectivity index (χ2v) is 12.9. The molecule has 0 radical (unpaired) electrons. The van der Waals surface area contributed by atoms with Gasteiger partial charge in [0.05, 0.1) is 18.2 Å². The van der Waals surface area contributed by atoms with Crippen LogP contribution in [0.3, 0.4) is 0 Å². The lowest BCUT2D eigenvalue weighted by Crippen LogP contribution is -2.37. The molecule has 0 spiro atoms. The average Bonchev–Trinajstić information content (AvgIpc) is 2.93. The van der Waals surface area contributed by atoms with E-state index in [1.807, 2.05) is 24.3 Å². The Morgan fingerprint density at radius 1 is 1.02 bits per heavy atom. The Morgan fingerprint density at radius 3 is 2.43 bits per heavy atom. The van der Waals surface area contributed by atoms with Crippen molar-refractivity contribution in [1.29, 1.82) is 0 Å². The molecule has 0 unspecified atom stereocenters. The van der Waals surface area contributed by atoms with Crippen molar-refractivity contribution in [2.45, 2.75) is 65.6 Å². The summed E-state index contributed by atoms with van der Waals surface area (Å²) in [4.78, 5) is 19.0. The molecule has 0 saturated heterocycles. The molecule has 1 heterocycles. The van der Waals surface area contributed by atoms with E-state index in [1.54, 1.807) is 51.2 Å². The number of likely N-dealkylation sites (N-methyl/N-ethyl adjacent to an activating group) is 1. The summed E-state index contributed by atoms with van der Waals surface area (Å²) in [6.45, 7) is 11.6. The highest BCUT2D eigenvalue weighted by atomic mass is 35.5. The number of anilines is 1. The molecule has 12 heteroatoms. The number of esters is 1. The predicted molar refractivity (Wildman–Crippen MR) is 171 cm³/mol. The van der Waals surface area contributed by atoms with Gasteiger partial charge in [-0.1, -0.05) is 30.1 Å². The minimum Gasteiger partial charge on any atom is -0.462 e. The number of hydrogen-bond acceptors (Lipinski definition) is 8. The van der Waals surface area contributed by atoms with Gasteiger partial charge in [-0.15, -0.1) is 0 Å². The second kappa shape index (κ2) is 16.5. The number of nitrogens with one attached hydrogen (secondary N) is 2. The molecule has 3 rings (SSSR count). The van der Waals surface area contributed by atoms with E-state index in [-0.39, 0.29) is 18.8 Å². The van der Waals surface area contributed by atoms with Crippen LogP contribution in [0.25, 0.3) is 10.9 Å². The number of fused-ring (bicyclic) bond motifs is 1. The summed E-state index contributed by atoms with van der Waals surface area (Å²) < 4.78 is 30.4. The quantitative estimate of drug-likeness (QED) is 0.114. The van der Waals surface area contributed by atoms with Gasteiger partial charge in [-0.05, 0) is 102 Å². The molecule has 1 aromatic heterocycles. The number of carbonyl (C=O) groups excluding carboxylic acids is 1. The molecular weight excluding hydrogens is 598 g/mol. The number of ether oxygens (including phenoxy) is 1. The van der Waals surface area contributed by atoms with Gasteiger partial charge in [-0.25, -0.2) is 4.57 Å². The Bertz CT molecular complexity index is 1350. The van der Waals surface area contributed by atoms with Crippen molar-refractivity contribution in [2.75, 3.05) is 31.6 Å². The van der Waals surface area contributed by atoms with Gasteiger partial charge < -0.3 is 19.5 Å². The number of pyridine rings is 1. The first kappa shape index (κ1) is 34.1. The fourth-order valence-electron chi connectivity index (χ4n) is 4.27. The molecule has 3 aromatic rings. The summed E-state index contributed by atoms with van der Waals surface area (Å²) in [6.07, 6.45) is 3.37. The van der Waals surface area contributed by atoms with E-state index in [2.05, 4.69) is 34.1 Å². The summed E-state index contributed by atoms with van der Waals surface area (Å²) >= 11 is 12.1. The largest absolute Gasteiger partial charge is 0.462 e. The number of carbonyl (C=O) groups is 1. The van der Waals surface area contributed by atoms with Crippen LogP contribution in [-0.2, 0) is 18.6 Å². The maximum absolute atomic E-state index is 13.7. The maximum atomic E-state index is 13.7. The summed E-state index contributed by atoms with van der Waals surface area (Å²) in [5.74, 6) is -0.242. The molecule has 0 aliphatic rings. The van der Waals surface area contributed by atoms with Gasteiger partial charge in [0.25, 0.3) is 0 Å². The van der Waals surface area contributed by atoms with E-state index >= 15 is 0 Å². The van der Waals surface area contributed by atoms with Crippen LogP contribution in [-0.4, -0.2) is 60.3 Å². The second-order valence-electron chi connectivity index (χ2n) is 10.4. The topological polar surface area (TPSA) is 102 Å². The Labute approximate surface area is 258 Å². The van der Waals surface area contributed by atoms with Crippen molar-refractivity contribution in [2.24, 2.45) is 0 Å². The fourth-order valence-corrected chi connectivity index (χ4v) is 6.05. The van der Waals surface area contributed by atoms with Gasteiger partial charge in [0.15, 0.2) is 0 Å². The van der Waals surface area contributed by atoms with Crippen LogP contribution in [0.1, 0.15) is 47.5 Å². The van der Waals surface area contributed by atoms with E-state index in [9.17, 15) is 9.36 Å². The number of benzene rings is 2. The predicted octanol–water partition coefficient (Wildman–Crippen LogP) is 7.58. The van der Waals surface area contributed by atoms with Gasteiger partial charge in [0.2, 0.25) is 0 Å². The first-order valence-corrected chi connectivity index (χ1v) is 16.5. The molecule has 42 heavy (non-hydrogen) atoms. The maximum Gasteiger partial charge on any atom is 0.459 e. The SMILES string of the molecule is CCN(CCC[C@H](C)Nc1ccnc2cc(Cl)ccc12)CCO[P@@](=O)(N[C@@H](C)C(=O)OC(C)C)Oc1ccc(Cl)cc1. The van der Waals surface area contributed by atoms with Crippen molar-refractivity contribution in [3.8, 4) is 5.75 Å². The minimum absolute atomic E-state index is 0.136. The molecule has 230 valence electrons. The fraction of sp³-hybridized carbons (Fsp3) is 0.467. The Hall–Kier alpha value is -2.39. The highest BCUT2D eigenvalue weighted by Gasteiger charge is 2.32. The molecule has 2 aromatic carbocycles. The molecule has 0 amide bonds. The van der Waals surface area contributed by atoms with Crippen LogP contribution in [0.4, 0.5) is 5.69 Å². The molecule has 0 saturated carbocycles. The summed E-state index contributed by atoms with van der Waals surface area (Å²) in [5, 5.41) is 8.52. The van der Waals surface area contributed by atoms with Gasteiger partial charge in [0, 0.05) is 39.9 Å². The van der Waals surface area contributed by atoms with Crippen molar-refractivity contribution in [1.82, 2.24) is 15.0 Å². The first-order valence-electron chi connectivity index (χ1n) is 14.2. The highest BCUT2D eigenvalue weighted by molar-refractivity contribution is 7.52. The van der Waals surface area contributed by atoms with Crippen LogP contribution in [0.2, 0.25) is 10.0 Å². The highest BCUT2D eigenvalue weighted by Crippen LogP contribution is 2.45. The van der Waals surface area contributed by atoms with Crippen molar-refractivity contribution >= 4 is 53.5 Å². The number of aromatic nitrogens is 1. The van der Waals surface area contributed by atoms with E-state index in [4.69, 9.17) is 37.0 Å². The van der Waals surface area contributed by atoms with Crippen LogP contribution >= 0.6 is 30.9 Å². The van der Waals surface area contributed by atoms with Crippen LogP contribution in [0, 0.1) is 0 Å². The lowest BCUT2D eigenvalue weighted by molar-refractivity contribution is -0.149. The molecule has 2 N–H and O–H groups in total. The first-order chi connectivity index (χ1) is 20.0. The van der Waals surface area contributed by atoms with Crippen LogP contribution in [0.5, 0.6) is 5.75 Å². The number of rotatable bonds is 17. The van der Waals surface area contributed by atoms with Gasteiger partial charge >= 0.3 is 13.7 Å². The normalized spacial score (nSPS) is 14.5. The number of halogens is 2. The molecular formula is C30H41Cl2N4O5P. The minimum atomic E-state index is -3.92. The summed E-state index contributed by atoms with van der Waals surface area (Å²) in [6, 6.07) is 13.5. The van der Waals surface area contributed by atoms with E-state index in [0.717, 1.165) is 42.5 Å². The van der Waals surface area contributed by atoms with Gasteiger partial charge in [-0.3, -0.25) is 14.3 Å². The lowest BCUT2D eigenvalue weighted by atomic mass is 10.1. The van der Waals surface area contributed by atoms with Crippen LogP contribution < -0.4 is 14.9 Å². The number of hydrogen-bond donors (Lipinski definition) is 2. The van der Waals surface area contributed by atoms with Gasteiger partial charge in [0.1, 0.15) is 11.8 Å². The zero-order valence-corrected chi connectivity index (χ0v) is 27.2. The zero-order chi connectivity index (χ0) is 30.7.